The molecule has 1 fully saturated rings. The standard InChI is InChI=1S/C16H23N5OS/c1-10-5-7-20(8-6-10)15(22)12(3)23-16-19-18-14-9-11(2)17-13(4)21(14)16/h9-10,12H,5-8H2,1-4H3. The van der Waals surface area contributed by atoms with E-state index in [2.05, 4.69) is 22.1 Å². The molecular formula is C16H23N5OS. The maximum absolute atomic E-state index is 12.6. The molecule has 0 aromatic carbocycles. The lowest BCUT2D eigenvalue weighted by atomic mass is 9.99. The van der Waals surface area contributed by atoms with Gasteiger partial charge in [0.15, 0.2) is 10.8 Å². The number of carbonyl (C=O) groups excluding carboxylic acids is 1. The van der Waals surface area contributed by atoms with E-state index >= 15 is 0 Å². The second-order valence-corrected chi connectivity index (χ2v) is 7.70. The number of hydrogen-bond donors (Lipinski definition) is 0. The number of fused-ring (bicyclic) bond motifs is 1. The minimum atomic E-state index is -0.170. The van der Waals surface area contributed by atoms with Crippen molar-refractivity contribution in [3.8, 4) is 0 Å². The van der Waals surface area contributed by atoms with Gasteiger partial charge in [-0.05, 0) is 39.5 Å². The Bertz CT molecular complexity index is 721. The summed E-state index contributed by atoms with van der Waals surface area (Å²) in [6.45, 7) is 9.81. The lowest BCUT2D eigenvalue weighted by Crippen LogP contribution is -2.41. The van der Waals surface area contributed by atoms with Crippen LogP contribution in [0.25, 0.3) is 5.65 Å². The monoisotopic (exact) mass is 333 g/mol. The van der Waals surface area contributed by atoms with Crippen molar-refractivity contribution in [1.82, 2.24) is 24.5 Å². The lowest BCUT2D eigenvalue weighted by Gasteiger charge is -2.31. The summed E-state index contributed by atoms with van der Waals surface area (Å²) in [6, 6.07) is 1.91. The van der Waals surface area contributed by atoms with E-state index in [1.54, 1.807) is 0 Å². The third-order valence-electron chi connectivity index (χ3n) is 4.38. The summed E-state index contributed by atoms with van der Waals surface area (Å²) in [5, 5.41) is 9.01. The fourth-order valence-corrected chi connectivity index (χ4v) is 3.96. The number of amides is 1. The third-order valence-corrected chi connectivity index (χ3v) is 5.41. The molecule has 1 amide bonds. The summed E-state index contributed by atoms with van der Waals surface area (Å²) in [7, 11) is 0. The Morgan fingerprint density at radius 2 is 2.00 bits per heavy atom. The molecule has 0 saturated carbocycles. The van der Waals surface area contributed by atoms with Gasteiger partial charge in [0.2, 0.25) is 5.91 Å². The molecule has 6 nitrogen and oxygen atoms in total. The van der Waals surface area contributed by atoms with Gasteiger partial charge in [0.05, 0.1) is 5.25 Å². The Hall–Kier alpha value is -1.63. The fourth-order valence-electron chi connectivity index (χ4n) is 2.97. The Morgan fingerprint density at radius 3 is 2.70 bits per heavy atom. The predicted octanol–water partition coefficient (Wildman–Crippen LogP) is 2.48. The summed E-state index contributed by atoms with van der Waals surface area (Å²) in [4.78, 5) is 19.1. The van der Waals surface area contributed by atoms with E-state index < -0.39 is 0 Å². The average Bonchev–Trinajstić information content (AvgIpc) is 2.90. The minimum absolute atomic E-state index is 0.170. The Morgan fingerprint density at radius 1 is 1.30 bits per heavy atom. The van der Waals surface area contributed by atoms with Crippen molar-refractivity contribution in [2.45, 2.75) is 50.9 Å². The van der Waals surface area contributed by atoms with E-state index in [1.165, 1.54) is 11.8 Å². The zero-order chi connectivity index (χ0) is 16.6. The summed E-state index contributed by atoms with van der Waals surface area (Å²) in [5.41, 5.74) is 1.70. The molecule has 0 radical (unpaired) electrons. The molecule has 3 heterocycles. The largest absolute Gasteiger partial charge is 0.342 e. The van der Waals surface area contributed by atoms with Gasteiger partial charge < -0.3 is 4.90 Å². The van der Waals surface area contributed by atoms with Gasteiger partial charge in [-0.1, -0.05) is 18.7 Å². The van der Waals surface area contributed by atoms with Gasteiger partial charge in [-0.25, -0.2) is 4.98 Å². The van der Waals surface area contributed by atoms with Gasteiger partial charge in [0.25, 0.3) is 0 Å². The molecule has 1 unspecified atom stereocenters. The topological polar surface area (TPSA) is 63.4 Å². The highest BCUT2D eigenvalue weighted by atomic mass is 32.2. The highest BCUT2D eigenvalue weighted by molar-refractivity contribution is 8.00. The number of thioether (sulfide) groups is 1. The molecular weight excluding hydrogens is 310 g/mol. The van der Waals surface area contributed by atoms with Gasteiger partial charge in [-0.2, -0.15) is 0 Å². The second kappa shape index (κ2) is 6.47. The molecule has 124 valence electrons. The Kier molecular flexibility index (Phi) is 4.57. The summed E-state index contributed by atoms with van der Waals surface area (Å²) in [6.07, 6.45) is 2.19. The van der Waals surface area contributed by atoms with E-state index in [0.717, 1.165) is 54.2 Å². The van der Waals surface area contributed by atoms with Gasteiger partial charge in [0.1, 0.15) is 5.82 Å². The first-order valence-electron chi connectivity index (χ1n) is 8.10. The number of aryl methyl sites for hydroxylation is 2. The van der Waals surface area contributed by atoms with E-state index in [1.807, 2.05) is 36.1 Å². The number of piperidine rings is 1. The average molecular weight is 333 g/mol. The predicted molar refractivity (Wildman–Crippen MR) is 90.6 cm³/mol. The molecule has 0 aliphatic carbocycles. The minimum Gasteiger partial charge on any atom is -0.342 e. The zero-order valence-electron chi connectivity index (χ0n) is 14.1. The van der Waals surface area contributed by atoms with E-state index in [0.29, 0.717) is 0 Å². The highest BCUT2D eigenvalue weighted by Crippen LogP contribution is 2.26. The van der Waals surface area contributed by atoms with E-state index in [9.17, 15) is 4.79 Å². The van der Waals surface area contributed by atoms with Crippen molar-refractivity contribution >= 4 is 23.3 Å². The molecule has 2 aromatic heterocycles. The van der Waals surface area contributed by atoms with Crippen LogP contribution in [0.15, 0.2) is 11.2 Å². The van der Waals surface area contributed by atoms with Crippen molar-refractivity contribution in [3.05, 3.63) is 17.6 Å². The zero-order valence-corrected chi connectivity index (χ0v) is 14.9. The highest BCUT2D eigenvalue weighted by Gasteiger charge is 2.26. The number of likely N-dealkylation sites (tertiary alicyclic amines) is 1. The maximum Gasteiger partial charge on any atom is 0.235 e. The molecule has 1 aliphatic heterocycles. The third kappa shape index (κ3) is 3.34. The first kappa shape index (κ1) is 16.2. The van der Waals surface area contributed by atoms with Crippen LogP contribution in [0.2, 0.25) is 0 Å². The molecule has 3 rings (SSSR count). The molecule has 7 heteroatoms. The van der Waals surface area contributed by atoms with Crippen molar-refractivity contribution < 1.29 is 4.79 Å². The summed E-state index contributed by atoms with van der Waals surface area (Å²) < 4.78 is 1.92. The quantitative estimate of drug-likeness (QED) is 0.808. The molecule has 1 atom stereocenters. The number of carbonyl (C=O) groups is 1. The first-order chi connectivity index (χ1) is 11.0. The molecule has 1 saturated heterocycles. The smallest absolute Gasteiger partial charge is 0.235 e. The molecule has 23 heavy (non-hydrogen) atoms. The van der Waals surface area contributed by atoms with Crippen LogP contribution in [0, 0.1) is 19.8 Å². The van der Waals surface area contributed by atoms with Crippen LogP contribution < -0.4 is 0 Å². The molecule has 0 N–H and O–H groups in total. The molecule has 1 aliphatic rings. The van der Waals surface area contributed by atoms with Crippen molar-refractivity contribution in [2.24, 2.45) is 5.92 Å². The van der Waals surface area contributed by atoms with Crippen LogP contribution in [0.3, 0.4) is 0 Å². The van der Waals surface area contributed by atoms with Crippen LogP contribution in [0.4, 0.5) is 0 Å². The molecule has 0 bridgehead atoms. The van der Waals surface area contributed by atoms with Crippen molar-refractivity contribution in [1.29, 1.82) is 0 Å². The number of rotatable bonds is 3. The van der Waals surface area contributed by atoms with E-state index in [4.69, 9.17) is 0 Å². The number of aromatic nitrogens is 4. The number of nitrogens with zero attached hydrogens (tertiary/aromatic N) is 5. The van der Waals surface area contributed by atoms with Gasteiger partial charge in [0, 0.05) is 24.8 Å². The van der Waals surface area contributed by atoms with Gasteiger partial charge in [-0.3, -0.25) is 9.20 Å². The SMILES string of the molecule is Cc1cc2nnc(SC(C)C(=O)N3CCC(C)CC3)n2c(C)n1. The van der Waals surface area contributed by atoms with Gasteiger partial charge in [-0.15, -0.1) is 10.2 Å². The van der Waals surface area contributed by atoms with Crippen LogP contribution in [0.1, 0.15) is 38.2 Å². The fraction of sp³-hybridized carbons (Fsp3) is 0.625. The normalized spacial score (nSPS) is 17.7. The molecule has 0 spiro atoms. The van der Waals surface area contributed by atoms with Crippen molar-refractivity contribution in [2.75, 3.05) is 13.1 Å². The Labute approximate surface area is 140 Å². The van der Waals surface area contributed by atoms with Crippen molar-refractivity contribution in [3.63, 3.8) is 0 Å². The first-order valence-corrected chi connectivity index (χ1v) is 8.98. The maximum atomic E-state index is 12.6. The molecule has 2 aromatic rings. The van der Waals surface area contributed by atoms with Crippen LogP contribution in [-0.2, 0) is 4.79 Å². The summed E-state index contributed by atoms with van der Waals surface area (Å²) in [5.74, 6) is 1.76. The van der Waals surface area contributed by atoms with E-state index in [-0.39, 0.29) is 11.2 Å². The van der Waals surface area contributed by atoms with Crippen LogP contribution in [0.5, 0.6) is 0 Å². The van der Waals surface area contributed by atoms with Crippen LogP contribution in [-0.4, -0.2) is 48.7 Å². The number of hydrogen-bond acceptors (Lipinski definition) is 5. The lowest BCUT2D eigenvalue weighted by molar-refractivity contribution is -0.131. The van der Waals surface area contributed by atoms with Gasteiger partial charge >= 0.3 is 0 Å². The van der Waals surface area contributed by atoms with Crippen LogP contribution >= 0.6 is 11.8 Å². The second-order valence-electron chi connectivity index (χ2n) is 6.39. The summed E-state index contributed by atoms with van der Waals surface area (Å²) >= 11 is 1.46. The Balaban J connectivity index is 1.75.